The SMILES string of the molecule is CCN1C(=O)/C(=c2/sc(SC)n/[n+]2=C\CCS(=O)(=O)O)SC1=S. The Balaban J connectivity index is 2.53. The van der Waals surface area contributed by atoms with Gasteiger partial charge >= 0.3 is 4.66 Å². The first-order chi connectivity index (χ1) is 10.8. The molecule has 1 N–H and O–H groups in total. The van der Waals surface area contributed by atoms with E-state index in [9.17, 15) is 13.2 Å². The van der Waals surface area contributed by atoms with Crippen molar-refractivity contribution in [2.24, 2.45) is 0 Å². The van der Waals surface area contributed by atoms with Crippen molar-refractivity contribution in [1.82, 2.24) is 10.00 Å². The molecule has 0 unspecified atom stereocenters. The van der Waals surface area contributed by atoms with Gasteiger partial charge in [0, 0.05) is 18.1 Å². The summed E-state index contributed by atoms with van der Waals surface area (Å²) in [6.45, 7) is 2.34. The zero-order chi connectivity index (χ0) is 17.2. The smallest absolute Gasteiger partial charge is 0.293 e. The van der Waals surface area contributed by atoms with Gasteiger partial charge in [-0.1, -0.05) is 24.0 Å². The van der Waals surface area contributed by atoms with Crippen molar-refractivity contribution in [3.63, 3.8) is 0 Å². The van der Waals surface area contributed by atoms with E-state index in [1.165, 1.54) is 50.3 Å². The van der Waals surface area contributed by atoms with Crippen LogP contribution in [0.3, 0.4) is 0 Å². The van der Waals surface area contributed by atoms with Crippen molar-refractivity contribution in [3.05, 3.63) is 10.9 Å². The fourth-order valence-corrected chi connectivity index (χ4v) is 5.18. The van der Waals surface area contributed by atoms with E-state index in [1.54, 1.807) is 0 Å². The summed E-state index contributed by atoms with van der Waals surface area (Å²) in [6.07, 6.45) is 3.49. The number of aromatic nitrogens is 2. The van der Waals surface area contributed by atoms with Gasteiger partial charge in [0.25, 0.3) is 16.0 Å². The average molecular weight is 413 g/mol. The van der Waals surface area contributed by atoms with Gasteiger partial charge in [0.1, 0.15) is 4.32 Å². The van der Waals surface area contributed by atoms with E-state index in [2.05, 4.69) is 5.10 Å². The number of hydrogen-bond acceptors (Lipinski definition) is 8. The number of amides is 1. The van der Waals surface area contributed by atoms with Gasteiger partial charge in [0.05, 0.1) is 5.75 Å². The molecule has 0 bridgehead atoms. The second-order valence-corrected chi connectivity index (χ2v) is 9.57. The Kier molecular flexibility index (Phi) is 6.19. The van der Waals surface area contributed by atoms with Crippen molar-refractivity contribution in [3.8, 4) is 0 Å². The summed E-state index contributed by atoms with van der Waals surface area (Å²) in [5.74, 6) is -0.572. The number of rotatable bonds is 5. The molecule has 2 heterocycles. The van der Waals surface area contributed by atoms with Gasteiger partial charge in [-0.05, 0) is 40.6 Å². The summed E-state index contributed by atoms with van der Waals surface area (Å²) in [4.78, 5) is 14.4. The number of carbonyl (C=O) groups excluding carboxylic acids is 1. The summed E-state index contributed by atoms with van der Waals surface area (Å²) in [5, 5.41) is 4.32. The Hall–Kier alpha value is -0.530. The lowest BCUT2D eigenvalue weighted by Crippen LogP contribution is -2.38. The van der Waals surface area contributed by atoms with E-state index in [0.29, 0.717) is 20.4 Å². The second-order valence-electron chi connectivity index (χ2n) is 4.33. The Bertz CT molecular complexity index is 861. The van der Waals surface area contributed by atoms with Gasteiger partial charge < -0.3 is 0 Å². The summed E-state index contributed by atoms with van der Waals surface area (Å²) >= 11 is 9.18. The molecule has 1 amide bonds. The molecule has 1 aromatic rings. The molecule has 1 aliphatic rings. The highest BCUT2D eigenvalue weighted by Crippen LogP contribution is 2.31. The van der Waals surface area contributed by atoms with Gasteiger partial charge in [-0.2, -0.15) is 8.42 Å². The Morgan fingerprint density at radius 2 is 2.22 bits per heavy atom. The van der Waals surface area contributed by atoms with Crippen LogP contribution in [0.15, 0.2) is 4.34 Å². The normalized spacial score (nSPS) is 19.1. The average Bonchev–Trinajstić information content (AvgIpc) is 2.98. The van der Waals surface area contributed by atoms with Crippen LogP contribution in [-0.4, -0.2) is 51.8 Å². The lowest BCUT2D eigenvalue weighted by atomic mass is 10.5. The van der Waals surface area contributed by atoms with Gasteiger partial charge in [0.15, 0.2) is 11.1 Å². The Morgan fingerprint density at radius 1 is 1.52 bits per heavy atom. The molecule has 0 atom stereocenters. The molecule has 0 saturated carbocycles. The zero-order valence-corrected chi connectivity index (χ0v) is 16.3. The molecule has 0 aromatic carbocycles. The monoisotopic (exact) mass is 412 g/mol. The van der Waals surface area contributed by atoms with Crippen molar-refractivity contribution in [2.45, 2.75) is 17.7 Å². The Labute approximate surface area is 151 Å². The molecular weight excluding hydrogens is 398 g/mol. The van der Waals surface area contributed by atoms with Crippen LogP contribution in [0.1, 0.15) is 13.3 Å². The van der Waals surface area contributed by atoms with Crippen LogP contribution in [0.25, 0.3) is 4.91 Å². The van der Waals surface area contributed by atoms with Gasteiger partial charge in [-0.15, -0.1) is 0 Å². The molecule has 0 radical (unpaired) electrons. The molecule has 0 spiro atoms. The molecule has 0 aliphatic carbocycles. The van der Waals surface area contributed by atoms with Gasteiger partial charge in [-0.3, -0.25) is 14.2 Å². The first-order valence-corrected chi connectivity index (χ1v) is 11.3. The largest absolute Gasteiger partial charge is 0.315 e. The number of thiocarbonyl (C=S) groups is 1. The first-order valence-electron chi connectivity index (χ1n) is 6.43. The van der Waals surface area contributed by atoms with E-state index in [0.717, 1.165) is 4.34 Å². The number of hydrogen-bond donors (Lipinski definition) is 1. The van der Waals surface area contributed by atoms with Crippen molar-refractivity contribution in [1.29, 1.82) is 0 Å². The first kappa shape index (κ1) is 18.8. The maximum Gasteiger partial charge on any atom is 0.315 e. The molecule has 1 aromatic heterocycles. The van der Waals surface area contributed by atoms with Crippen molar-refractivity contribution < 1.29 is 22.1 Å². The van der Waals surface area contributed by atoms with E-state index < -0.39 is 15.9 Å². The molecule has 12 heteroatoms. The van der Waals surface area contributed by atoms with Crippen LogP contribution < -0.4 is 9.02 Å². The van der Waals surface area contributed by atoms with E-state index >= 15 is 0 Å². The highest BCUT2D eigenvalue weighted by atomic mass is 32.2. The van der Waals surface area contributed by atoms with E-state index in [4.69, 9.17) is 16.8 Å². The van der Waals surface area contributed by atoms with Crippen LogP contribution in [0.5, 0.6) is 0 Å². The minimum Gasteiger partial charge on any atom is -0.293 e. The lowest BCUT2D eigenvalue weighted by Gasteiger charge is -2.08. The van der Waals surface area contributed by atoms with Crippen LogP contribution in [0.4, 0.5) is 0 Å². The third-order valence-electron chi connectivity index (χ3n) is 2.79. The molecule has 1 saturated heterocycles. The van der Waals surface area contributed by atoms with Crippen LogP contribution in [0, 0.1) is 6.21 Å². The summed E-state index contributed by atoms with van der Waals surface area (Å²) in [6, 6.07) is 0. The maximum absolute atomic E-state index is 12.4. The molecule has 7 nitrogen and oxygen atoms in total. The highest BCUT2D eigenvalue weighted by Gasteiger charge is 2.35. The van der Waals surface area contributed by atoms with Crippen molar-refractivity contribution in [2.75, 3.05) is 18.6 Å². The molecule has 2 rings (SSSR count). The van der Waals surface area contributed by atoms with Crippen LogP contribution >= 0.6 is 47.1 Å². The Morgan fingerprint density at radius 3 is 2.74 bits per heavy atom. The van der Waals surface area contributed by atoms with E-state index in [1.807, 2.05) is 13.2 Å². The molecule has 1 fully saturated rings. The second kappa shape index (κ2) is 7.57. The quantitative estimate of drug-likeness (QED) is 0.322. The van der Waals surface area contributed by atoms with E-state index in [-0.39, 0.29) is 12.3 Å². The topological polar surface area (TPSA) is 93.5 Å². The molecular formula is C11H14N3O4S5+. The predicted molar refractivity (Wildman–Crippen MR) is 95.4 cm³/mol. The molecule has 1 aliphatic heterocycles. The van der Waals surface area contributed by atoms with Crippen molar-refractivity contribution >= 4 is 72.3 Å². The number of thioether (sulfide) groups is 2. The third-order valence-corrected chi connectivity index (χ3v) is 7.13. The zero-order valence-electron chi connectivity index (χ0n) is 12.3. The maximum atomic E-state index is 12.4. The standard InChI is InChI=1S/C11H13N3O4S5/c1-3-13-8(15)7(21-11(13)19)9-14(12-10(20-2)22-9)5-4-6-23(16,17)18/h5H,3-4,6H2,1-2H3/p+1/b9-7-,14-5-. The number of nitrogens with zero attached hydrogens (tertiary/aromatic N) is 3. The fraction of sp³-hybridized carbons (Fsp3) is 0.455. The molecule has 126 valence electrons. The minimum absolute atomic E-state index is 0.0854. The summed E-state index contributed by atoms with van der Waals surface area (Å²) < 4.78 is 33.8. The lowest BCUT2D eigenvalue weighted by molar-refractivity contribution is -0.589. The molecule has 23 heavy (non-hydrogen) atoms. The summed E-state index contributed by atoms with van der Waals surface area (Å²) in [5.41, 5.74) is 0. The van der Waals surface area contributed by atoms with Crippen LogP contribution in [0.2, 0.25) is 0 Å². The van der Waals surface area contributed by atoms with Gasteiger partial charge in [-0.25, -0.2) is 0 Å². The fourth-order valence-electron chi connectivity index (χ4n) is 1.76. The van der Waals surface area contributed by atoms with Crippen LogP contribution in [-0.2, 0) is 14.9 Å². The van der Waals surface area contributed by atoms with Gasteiger partial charge in [0.2, 0.25) is 4.34 Å². The summed E-state index contributed by atoms with van der Waals surface area (Å²) in [7, 11) is -4.04. The number of carbonyl (C=O) groups is 1. The minimum atomic E-state index is -4.04. The predicted octanol–water partition coefficient (Wildman–Crippen LogP) is 0.429. The highest BCUT2D eigenvalue weighted by molar-refractivity contribution is 8.30. The third kappa shape index (κ3) is 4.51.